The normalized spacial score (nSPS) is 22.4. The van der Waals surface area contributed by atoms with Crippen LogP contribution in [-0.2, 0) is 19.1 Å². The van der Waals surface area contributed by atoms with Crippen LogP contribution in [0, 0.1) is 18.3 Å². The zero-order valence-corrected chi connectivity index (χ0v) is 31.6. The standard InChI is InChI=1S/C40H52N8O6/c1-6-9-29(45-39(51)53-4)37(49)47-20-7-10-32(47)35-41-22-30(43-35)27-16-12-25(13-17-27)26-14-18-28(19-15-26)31-23-42-36(44-31)33-11-8-21-48(33)38(50)34(24(2)3)46-40(52)54-5/h1,14-15,18-19,22-25,27,29,32-34H,7-13,16-17,20-21H2,2-5H3,(H,41,43)(H,42,44)(H,45,51)(H,46,52). The fraction of sp³-hybridized carbons (Fsp3) is 0.550. The van der Waals surface area contributed by atoms with Crippen molar-refractivity contribution >= 4 is 24.0 Å². The van der Waals surface area contributed by atoms with Gasteiger partial charge in [-0.15, -0.1) is 12.3 Å². The van der Waals surface area contributed by atoms with E-state index in [1.54, 1.807) is 4.90 Å². The Morgan fingerprint density at radius 2 is 1.39 bits per heavy atom. The summed E-state index contributed by atoms with van der Waals surface area (Å²) in [6.07, 6.45) is 15.5. The number of ether oxygens (including phenoxy) is 2. The highest BCUT2D eigenvalue weighted by Gasteiger charge is 2.38. The Labute approximate surface area is 316 Å². The van der Waals surface area contributed by atoms with Crippen LogP contribution in [-0.4, -0.2) is 93.1 Å². The second-order valence-electron chi connectivity index (χ2n) is 14.9. The molecule has 6 rings (SSSR count). The van der Waals surface area contributed by atoms with E-state index in [1.807, 2.05) is 31.1 Å². The maximum Gasteiger partial charge on any atom is 0.407 e. The monoisotopic (exact) mass is 740 g/mol. The molecular weight excluding hydrogens is 688 g/mol. The average molecular weight is 741 g/mol. The number of methoxy groups -OCH3 is 2. The Morgan fingerprint density at radius 1 is 0.815 bits per heavy atom. The smallest absolute Gasteiger partial charge is 0.407 e. The second-order valence-corrected chi connectivity index (χ2v) is 14.9. The SMILES string of the molecule is C#CCC(NC(=O)OC)C(=O)N1CCCC1c1ncc(C2CCC(c3ccc(-c4cnc(C5CCCN5C(=O)C(NC(=O)OC)C(C)C)[nH]4)cc3)CC2)[nH]1. The van der Waals surface area contributed by atoms with Crippen LogP contribution in [0.4, 0.5) is 9.59 Å². The highest BCUT2D eigenvalue weighted by Crippen LogP contribution is 2.41. The molecule has 14 nitrogen and oxygen atoms in total. The number of carbonyl (C=O) groups excluding carboxylic acids is 4. The van der Waals surface area contributed by atoms with Gasteiger partial charge in [-0.05, 0) is 74.3 Å². The molecule has 288 valence electrons. The molecule has 1 aliphatic carbocycles. The Hall–Kier alpha value is -5.32. The molecule has 3 fully saturated rings. The minimum absolute atomic E-state index is 0.0815. The van der Waals surface area contributed by atoms with Crippen molar-refractivity contribution in [1.82, 2.24) is 40.4 Å². The van der Waals surface area contributed by atoms with Crippen molar-refractivity contribution in [3.05, 3.63) is 59.6 Å². The number of aromatic amines is 2. The van der Waals surface area contributed by atoms with Crippen molar-refractivity contribution in [2.45, 2.75) is 108 Å². The Balaban J connectivity index is 1.04. The number of hydrogen-bond donors (Lipinski definition) is 4. The van der Waals surface area contributed by atoms with Gasteiger partial charge in [0.05, 0.1) is 38.2 Å². The topological polar surface area (TPSA) is 175 Å². The summed E-state index contributed by atoms with van der Waals surface area (Å²) in [6, 6.07) is 6.78. The summed E-state index contributed by atoms with van der Waals surface area (Å²) in [5.41, 5.74) is 4.35. The molecule has 4 unspecified atom stereocenters. The third-order valence-electron chi connectivity index (χ3n) is 11.3. The number of hydrogen-bond acceptors (Lipinski definition) is 8. The number of aromatic nitrogens is 4. The lowest BCUT2D eigenvalue weighted by atomic mass is 9.77. The third kappa shape index (κ3) is 8.40. The molecule has 3 aliphatic rings. The van der Waals surface area contributed by atoms with Gasteiger partial charge in [0.25, 0.3) is 0 Å². The van der Waals surface area contributed by atoms with Crippen molar-refractivity contribution < 1.29 is 28.7 Å². The van der Waals surface area contributed by atoms with Crippen LogP contribution in [0.15, 0.2) is 36.7 Å². The number of rotatable bonds is 11. The molecule has 0 spiro atoms. The summed E-state index contributed by atoms with van der Waals surface area (Å²) in [5.74, 6) is 4.38. The van der Waals surface area contributed by atoms with E-state index in [2.05, 4.69) is 50.8 Å². The predicted molar refractivity (Wildman–Crippen MR) is 201 cm³/mol. The number of nitrogens with zero attached hydrogens (tertiary/aromatic N) is 4. The van der Waals surface area contributed by atoms with Crippen molar-refractivity contribution in [3.8, 4) is 23.6 Å². The fourth-order valence-electron chi connectivity index (χ4n) is 8.28. The quantitative estimate of drug-likeness (QED) is 0.181. The third-order valence-corrected chi connectivity index (χ3v) is 11.3. The van der Waals surface area contributed by atoms with Crippen LogP contribution in [0.25, 0.3) is 11.3 Å². The number of carbonyl (C=O) groups is 4. The van der Waals surface area contributed by atoms with Crippen molar-refractivity contribution in [2.24, 2.45) is 5.92 Å². The molecule has 0 radical (unpaired) electrons. The first kappa shape index (κ1) is 38.4. The van der Waals surface area contributed by atoms with Crippen LogP contribution < -0.4 is 10.6 Å². The van der Waals surface area contributed by atoms with E-state index >= 15 is 0 Å². The highest BCUT2D eigenvalue weighted by molar-refractivity contribution is 5.87. The van der Waals surface area contributed by atoms with Crippen LogP contribution in [0.3, 0.4) is 0 Å². The van der Waals surface area contributed by atoms with E-state index in [9.17, 15) is 19.2 Å². The number of nitrogens with one attached hydrogen (secondary N) is 4. The number of benzene rings is 1. The van der Waals surface area contributed by atoms with Gasteiger partial charge in [0, 0.05) is 37.3 Å². The zero-order chi connectivity index (χ0) is 38.4. The number of terminal acetylenes is 1. The van der Waals surface area contributed by atoms with Gasteiger partial charge in [-0.25, -0.2) is 19.6 Å². The Kier molecular flexibility index (Phi) is 12.2. The van der Waals surface area contributed by atoms with Gasteiger partial charge in [-0.2, -0.15) is 0 Å². The first-order valence-corrected chi connectivity index (χ1v) is 19.0. The van der Waals surface area contributed by atoms with Crippen molar-refractivity contribution in [3.63, 3.8) is 0 Å². The van der Waals surface area contributed by atoms with Gasteiger partial charge in [0.2, 0.25) is 11.8 Å². The lowest BCUT2D eigenvalue weighted by Gasteiger charge is -2.30. The maximum absolute atomic E-state index is 13.5. The summed E-state index contributed by atoms with van der Waals surface area (Å²) in [5, 5.41) is 5.28. The first-order chi connectivity index (χ1) is 26.1. The lowest BCUT2D eigenvalue weighted by molar-refractivity contribution is -0.135. The minimum Gasteiger partial charge on any atom is -0.453 e. The van der Waals surface area contributed by atoms with Gasteiger partial charge in [0.15, 0.2) is 0 Å². The second kappa shape index (κ2) is 17.2. The molecular formula is C40H52N8O6. The summed E-state index contributed by atoms with van der Waals surface area (Å²) < 4.78 is 9.45. The fourth-order valence-corrected chi connectivity index (χ4v) is 8.28. The molecule has 2 aliphatic heterocycles. The highest BCUT2D eigenvalue weighted by atomic mass is 16.5. The van der Waals surface area contributed by atoms with E-state index in [0.717, 1.165) is 80.0 Å². The van der Waals surface area contributed by atoms with Crippen molar-refractivity contribution in [2.75, 3.05) is 27.3 Å². The minimum atomic E-state index is -0.846. The Bertz CT molecular complexity index is 1820. The molecule has 4 heterocycles. The molecule has 2 saturated heterocycles. The molecule has 1 aromatic carbocycles. The summed E-state index contributed by atoms with van der Waals surface area (Å²) in [4.78, 5) is 70.7. The summed E-state index contributed by atoms with van der Waals surface area (Å²) in [7, 11) is 2.55. The molecule has 14 heteroatoms. The molecule has 0 bridgehead atoms. The molecule has 4 amide bonds. The van der Waals surface area contributed by atoms with E-state index < -0.39 is 24.3 Å². The van der Waals surface area contributed by atoms with Gasteiger partial charge < -0.3 is 39.9 Å². The first-order valence-electron chi connectivity index (χ1n) is 19.0. The van der Waals surface area contributed by atoms with Crippen LogP contribution in [0.2, 0.25) is 0 Å². The number of imidazole rings is 2. The zero-order valence-electron chi connectivity index (χ0n) is 31.6. The van der Waals surface area contributed by atoms with E-state index in [4.69, 9.17) is 25.9 Å². The maximum atomic E-state index is 13.5. The van der Waals surface area contributed by atoms with Crippen molar-refractivity contribution in [1.29, 1.82) is 0 Å². The van der Waals surface area contributed by atoms with Gasteiger partial charge in [-0.1, -0.05) is 38.1 Å². The molecule has 1 saturated carbocycles. The summed E-state index contributed by atoms with van der Waals surface area (Å²) >= 11 is 0. The van der Waals surface area contributed by atoms with E-state index in [1.165, 1.54) is 19.8 Å². The Morgan fingerprint density at radius 3 is 2.00 bits per heavy atom. The van der Waals surface area contributed by atoms with Gasteiger partial charge >= 0.3 is 12.2 Å². The lowest BCUT2D eigenvalue weighted by Crippen LogP contribution is -2.51. The van der Waals surface area contributed by atoms with E-state index in [0.29, 0.717) is 24.9 Å². The van der Waals surface area contributed by atoms with Crippen LogP contribution >= 0.6 is 0 Å². The summed E-state index contributed by atoms with van der Waals surface area (Å²) in [6.45, 7) is 4.99. The molecule has 4 atom stereocenters. The molecule has 2 aromatic heterocycles. The van der Waals surface area contributed by atoms with Crippen LogP contribution in [0.1, 0.15) is 118 Å². The molecule has 3 aromatic rings. The molecule has 54 heavy (non-hydrogen) atoms. The number of H-pyrrole nitrogens is 2. The van der Waals surface area contributed by atoms with Gasteiger partial charge in [-0.3, -0.25) is 9.59 Å². The van der Waals surface area contributed by atoms with Gasteiger partial charge in [0.1, 0.15) is 23.7 Å². The van der Waals surface area contributed by atoms with E-state index in [-0.39, 0.29) is 36.2 Å². The largest absolute Gasteiger partial charge is 0.453 e. The number of alkyl carbamates (subject to hydrolysis) is 2. The average Bonchev–Trinajstić information content (AvgIpc) is 4.03. The number of amides is 4. The van der Waals surface area contributed by atoms with Crippen LogP contribution in [0.5, 0.6) is 0 Å². The molecule has 4 N–H and O–H groups in total. The predicted octanol–water partition coefficient (Wildman–Crippen LogP) is 5.70. The number of likely N-dealkylation sites (tertiary alicyclic amines) is 2.